The van der Waals surface area contributed by atoms with Gasteiger partial charge in [0.15, 0.2) is 5.82 Å². The van der Waals surface area contributed by atoms with E-state index in [4.69, 9.17) is 4.74 Å². The number of nitrogens with zero attached hydrogens (tertiary/aromatic N) is 4. The van der Waals surface area contributed by atoms with Crippen LogP contribution in [-0.4, -0.2) is 61.9 Å². The molecule has 1 aromatic heterocycles. The highest BCUT2D eigenvalue weighted by Gasteiger charge is 2.27. The first-order chi connectivity index (χ1) is 14.0. The van der Waals surface area contributed by atoms with Gasteiger partial charge in [-0.25, -0.2) is 22.7 Å². The smallest absolute Gasteiger partial charge is 0.211 e. The molecule has 2 aliphatic heterocycles. The maximum atomic E-state index is 11.7. The second-order valence-corrected chi connectivity index (χ2v) is 10.3. The van der Waals surface area contributed by atoms with E-state index in [0.717, 1.165) is 40.8 Å². The van der Waals surface area contributed by atoms with Gasteiger partial charge < -0.3 is 10.1 Å². The highest BCUT2D eigenvalue weighted by Crippen LogP contribution is 2.46. The molecule has 4 rings (SSSR count). The average molecular weight is 436 g/mol. The number of anilines is 2. The second kappa shape index (κ2) is 8.57. The molecule has 10 heteroatoms. The molecule has 8 nitrogen and oxygen atoms in total. The summed E-state index contributed by atoms with van der Waals surface area (Å²) in [5, 5.41) is 4.45. The number of nitrogens with one attached hydrogen (secondary N) is 1. The van der Waals surface area contributed by atoms with Crippen molar-refractivity contribution in [3.05, 3.63) is 36.2 Å². The zero-order chi connectivity index (χ0) is 20.4. The molecule has 0 unspecified atom stereocenters. The Bertz CT molecular complexity index is 978. The Balaban J connectivity index is 1.44. The van der Waals surface area contributed by atoms with Gasteiger partial charge in [0.05, 0.1) is 11.9 Å². The zero-order valence-electron chi connectivity index (χ0n) is 16.5. The van der Waals surface area contributed by atoms with Crippen LogP contribution in [0.4, 0.5) is 11.5 Å². The van der Waals surface area contributed by atoms with Crippen LogP contribution in [-0.2, 0) is 21.3 Å². The van der Waals surface area contributed by atoms with Gasteiger partial charge in [0, 0.05) is 50.1 Å². The molecule has 1 aromatic carbocycles. The van der Waals surface area contributed by atoms with Crippen LogP contribution in [0, 0.1) is 0 Å². The van der Waals surface area contributed by atoms with Crippen molar-refractivity contribution in [2.24, 2.45) is 0 Å². The molecule has 0 saturated carbocycles. The van der Waals surface area contributed by atoms with Gasteiger partial charge in [-0.15, -0.1) is 0 Å². The molecule has 0 spiro atoms. The molecule has 1 fully saturated rings. The number of fused-ring (bicyclic) bond motifs is 2. The molecule has 0 amide bonds. The van der Waals surface area contributed by atoms with E-state index in [-0.39, 0.29) is 0 Å². The fraction of sp³-hybridized carbons (Fsp3) is 0.474. The summed E-state index contributed by atoms with van der Waals surface area (Å²) in [4.78, 5) is 12.1. The minimum atomic E-state index is -3.09. The first-order valence-electron chi connectivity index (χ1n) is 9.52. The van der Waals surface area contributed by atoms with Crippen molar-refractivity contribution in [1.82, 2.24) is 19.6 Å². The first-order valence-corrected chi connectivity index (χ1v) is 12.2. The van der Waals surface area contributed by atoms with Crippen LogP contribution in [0.1, 0.15) is 18.4 Å². The summed E-state index contributed by atoms with van der Waals surface area (Å²) < 4.78 is 30.3. The molecule has 0 atom stereocenters. The van der Waals surface area contributed by atoms with Gasteiger partial charge >= 0.3 is 0 Å². The van der Waals surface area contributed by atoms with E-state index >= 15 is 0 Å². The Labute approximate surface area is 175 Å². The zero-order valence-corrected chi connectivity index (χ0v) is 18.2. The third-order valence-electron chi connectivity index (χ3n) is 5.20. The van der Waals surface area contributed by atoms with E-state index in [1.807, 2.05) is 4.90 Å². The van der Waals surface area contributed by atoms with Crippen molar-refractivity contribution in [2.45, 2.75) is 35.3 Å². The summed E-state index contributed by atoms with van der Waals surface area (Å²) >= 11 is 1.62. The number of benzene rings is 1. The Kier molecular flexibility index (Phi) is 6.07. The Morgan fingerprint density at radius 2 is 2.00 bits per heavy atom. The lowest BCUT2D eigenvalue weighted by Crippen LogP contribution is -2.44. The predicted molar refractivity (Wildman–Crippen MR) is 113 cm³/mol. The average Bonchev–Trinajstić information content (AvgIpc) is 2.72. The largest absolute Gasteiger partial charge is 0.364 e. The number of hydrogen-bond acceptors (Lipinski definition) is 8. The summed E-state index contributed by atoms with van der Waals surface area (Å²) in [6.07, 6.45) is 6.33. The van der Waals surface area contributed by atoms with Gasteiger partial charge in [-0.05, 0) is 30.5 Å². The summed E-state index contributed by atoms with van der Waals surface area (Å²) in [5.41, 5.74) is 2.24. The van der Waals surface area contributed by atoms with E-state index < -0.39 is 10.0 Å². The number of piperidine rings is 1. The number of rotatable bonds is 6. The molecule has 29 heavy (non-hydrogen) atoms. The Morgan fingerprint density at radius 3 is 2.72 bits per heavy atom. The molecular weight excluding hydrogens is 410 g/mol. The third-order valence-corrected chi connectivity index (χ3v) is 7.55. The number of methoxy groups -OCH3 is 1. The molecule has 1 saturated heterocycles. The van der Waals surface area contributed by atoms with Crippen molar-refractivity contribution >= 4 is 33.3 Å². The lowest BCUT2D eigenvalue weighted by molar-refractivity contribution is 0.204. The monoisotopic (exact) mass is 435 g/mol. The van der Waals surface area contributed by atoms with Crippen molar-refractivity contribution < 1.29 is 13.2 Å². The van der Waals surface area contributed by atoms with Crippen molar-refractivity contribution in [3.63, 3.8) is 0 Å². The van der Waals surface area contributed by atoms with E-state index in [9.17, 15) is 8.42 Å². The Morgan fingerprint density at radius 1 is 1.24 bits per heavy atom. The van der Waals surface area contributed by atoms with E-state index in [2.05, 4.69) is 33.5 Å². The van der Waals surface area contributed by atoms with Gasteiger partial charge in [0.2, 0.25) is 10.0 Å². The normalized spacial score (nSPS) is 17.8. The van der Waals surface area contributed by atoms with Crippen molar-refractivity contribution in [3.8, 4) is 0 Å². The minimum Gasteiger partial charge on any atom is -0.364 e. The lowest BCUT2D eigenvalue weighted by atomic mass is 10.1. The van der Waals surface area contributed by atoms with E-state index in [0.29, 0.717) is 25.9 Å². The SMILES string of the molecule is COCN1c2cc(CNC3CCN(S(C)(=O)=O)CC3)ccc2Sc2nccnc21. The van der Waals surface area contributed by atoms with Gasteiger partial charge in [0.1, 0.15) is 11.8 Å². The molecule has 156 valence electrons. The topological polar surface area (TPSA) is 87.7 Å². The van der Waals surface area contributed by atoms with Crippen LogP contribution >= 0.6 is 11.8 Å². The van der Waals surface area contributed by atoms with E-state index in [1.165, 1.54) is 11.8 Å². The number of ether oxygens (including phenoxy) is 1. The number of hydrogen-bond donors (Lipinski definition) is 1. The molecule has 1 N–H and O–H groups in total. The summed E-state index contributed by atoms with van der Waals surface area (Å²) in [6, 6.07) is 6.72. The maximum absolute atomic E-state index is 11.7. The van der Waals surface area contributed by atoms with Crippen LogP contribution in [0.2, 0.25) is 0 Å². The minimum absolute atomic E-state index is 0.320. The van der Waals surface area contributed by atoms with Gasteiger partial charge in [-0.1, -0.05) is 17.8 Å². The molecule has 2 aliphatic rings. The number of sulfonamides is 1. The van der Waals surface area contributed by atoms with Gasteiger partial charge in [-0.2, -0.15) is 0 Å². The summed E-state index contributed by atoms with van der Waals surface area (Å²) in [5.74, 6) is 0.810. The van der Waals surface area contributed by atoms with Crippen LogP contribution in [0.15, 0.2) is 40.5 Å². The van der Waals surface area contributed by atoms with Crippen molar-refractivity contribution in [1.29, 1.82) is 0 Å². The predicted octanol–water partition coefficient (Wildman–Crippen LogP) is 2.20. The fourth-order valence-corrected chi connectivity index (χ4v) is 5.54. The standard InChI is InChI=1S/C19H25N5O3S2/c1-27-13-24-16-11-14(3-4-17(16)28-19-18(24)20-7-8-21-19)12-22-15-5-9-23(10-6-15)29(2,25)26/h3-4,7-8,11,15,22H,5-6,9-10,12-13H2,1-2H3. The second-order valence-electron chi connectivity index (χ2n) is 7.25. The lowest BCUT2D eigenvalue weighted by Gasteiger charge is -2.32. The number of aromatic nitrogens is 2. The summed E-state index contributed by atoms with van der Waals surface area (Å²) in [7, 11) is -1.42. The third kappa shape index (κ3) is 4.56. The van der Waals surface area contributed by atoms with Crippen LogP contribution in [0.3, 0.4) is 0 Å². The van der Waals surface area contributed by atoms with Crippen LogP contribution in [0.25, 0.3) is 0 Å². The molecular formula is C19H25N5O3S2. The molecule has 2 aromatic rings. The maximum Gasteiger partial charge on any atom is 0.211 e. The van der Waals surface area contributed by atoms with Crippen LogP contribution < -0.4 is 10.2 Å². The molecule has 0 radical (unpaired) electrons. The highest BCUT2D eigenvalue weighted by molar-refractivity contribution is 7.99. The summed E-state index contributed by atoms with van der Waals surface area (Å²) in [6.45, 7) is 2.29. The molecule has 0 aliphatic carbocycles. The molecule has 0 bridgehead atoms. The van der Waals surface area contributed by atoms with Gasteiger partial charge in [-0.3, -0.25) is 4.90 Å². The van der Waals surface area contributed by atoms with Crippen LogP contribution in [0.5, 0.6) is 0 Å². The van der Waals surface area contributed by atoms with Gasteiger partial charge in [0.25, 0.3) is 0 Å². The Hall–Kier alpha value is -1.72. The quantitative estimate of drug-likeness (QED) is 0.739. The fourth-order valence-electron chi connectivity index (χ4n) is 3.68. The van der Waals surface area contributed by atoms with E-state index in [1.54, 1.807) is 35.6 Å². The highest BCUT2D eigenvalue weighted by atomic mass is 32.2. The van der Waals surface area contributed by atoms with Crippen molar-refractivity contribution in [2.75, 3.05) is 38.1 Å². The molecule has 3 heterocycles. The first kappa shape index (κ1) is 20.5.